The first-order chi connectivity index (χ1) is 43.0. The zero-order valence-corrected chi connectivity index (χ0v) is 55.5. The summed E-state index contributed by atoms with van der Waals surface area (Å²) in [6, 6.07) is 80.5. The third-order valence-corrected chi connectivity index (χ3v) is 19.2. The van der Waals surface area contributed by atoms with Crippen LogP contribution in [0.3, 0.4) is 0 Å². The molecule has 1 N–H and O–H groups in total. The summed E-state index contributed by atoms with van der Waals surface area (Å²) in [5, 5.41) is 11.2. The number of benzene rings is 9. The normalized spacial score (nSPS) is 20.8. The van der Waals surface area contributed by atoms with Crippen LogP contribution in [0.2, 0.25) is 0 Å². The number of allylic oxidation sites excluding steroid dienone is 3. The maximum absolute atomic E-state index is 12.2. The Kier molecular flexibility index (Phi) is 23.3. The molecular formula is C85H83BrMgO3-2. The number of aliphatic hydroxyl groups is 1. The van der Waals surface area contributed by atoms with Crippen molar-refractivity contribution >= 4 is 40.2 Å². The zero-order chi connectivity index (χ0) is 61.0. The average Bonchev–Trinajstić information content (AvgIpc) is 2.00. The van der Waals surface area contributed by atoms with Crippen molar-refractivity contribution in [3.8, 4) is 0 Å². The number of Topliss-reactive ketones (excluding diaryl/α,β-unsaturated/α-hetero) is 2. The smallest absolute Gasteiger partial charge is 1.00 e. The molecule has 9 aromatic rings. The second-order valence-electron chi connectivity index (χ2n) is 24.9. The topological polar surface area (TPSA) is 54.4 Å². The molecule has 0 fully saturated rings. The van der Waals surface area contributed by atoms with Crippen molar-refractivity contribution in [2.45, 2.75) is 102 Å². The Morgan fingerprint density at radius 1 is 0.567 bits per heavy atom. The molecule has 0 aliphatic heterocycles. The number of carbonyl (C=O) groups excluding carboxylic acids is 2. The number of carbonyl (C=O) groups is 2. The molecule has 7 atom stereocenters. The maximum Gasteiger partial charge on any atom is 2.00 e. The molecule has 452 valence electrons. The van der Waals surface area contributed by atoms with Crippen LogP contribution in [-0.2, 0) is 57.0 Å². The van der Waals surface area contributed by atoms with Crippen LogP contribution in [0.25, 0.3) is 5.57 Å². The third-order valence-electron chi connectivity index (χ3n) is 19.2. The first kappa shape index (κ1) is 66.8. The monoisotopic (exact) mass is 1250 g/mol. The van der Waals surface area contributed by atoms with Gasteiger partial charge in [0.25, 0.3) is 0 Å². The molecule has 0 saturated heterocycles. The molecule has 0 spiro atoms. The van der Waals surface area contributed by atoms with Gasteiger partial charge in [0.05, 0.1) is 5.60 Å². The van der Waals surface area contributed by atoms with Gasteiger partial charge in [-0.05, 0) is 124 Å². The molecule has 0 saturated carbocycles. The van der Waals surface area contributed by atoms with Crippen LogP contribution < -0.4 is 17.0 Å². The van der Waals surface area contributed by atoms with E-state index in [1.807, 2.05) is 78.9 Å². The average molecular weight is 1260 g/mol. The van der Waals surface area contributed by atoms with Crippen LogP contribution in [0.15, 0.2) is 262 Å². The van der Waals surface area contributed by atoms with E-state index in [2.05, 4.69) is 204 Å². The molecule has 0 bridgehead atoms. The largest absolute Gasteiger partial charge is 2.00 e. The van der Waals surface area contributed by atoms with Crippen molar-refractivity contribution < 1.29 is 31.7 Å². The maximum atomic E-state index is 12.2. The first-order valence-electron chi connectivity index (χ1n) is 31.9. The summed E-state index contributed by atoms with van der Waals surface area (Å²) in [4.78, 5) is 23.3. The summed E-state index contributed by atoms with van der Waals surface area (Å²) in [6.45, 7) is 15.0. The Morgan fingerprint density at radius 3 is 1.76 bits per heavy atom. The predicted octanol–water partition coefficient (Wildman–Crippen LogP) is 15.7. The van der Waals surface area contributed by atoms with Crippen LogP contribution in [0.5, 0.6) is 0 Å². The van der Waals surface area contributed by atoms with E-state index in [9.17, 15) is 14.7 Å². The van der Waals surface area contributed by atoms with Crippen molar-refractivity contribution in [3.63, 3.8) is 0 Å². The summed E-state index contributed by atoms with van der Waals surface area (Å²) < 4.78 is 0. The molecule has 3 nitrogen and oxygen atoms in total. The standard InChI is InChI=1S/C19H20O.2C19H18.C16H14O.C9H8O.C3H5.BrH.Mg/c1-2-12-19(20)17(13-15-8-4-3-5-9-15)14-16-10-6-7-11-18(16)19;2*1-13-10-19-16(11-14-6-2-4-8-17(13)14)12-15-7-3-5-9-18(15)19;17-16-14(10-12-6-2-1-3-7-12)11-13-8-4-5-9-15(13)16;10-9-6-5-7-3-1-2-4-8(7)9;1-3-2;;/h2-11,17,20H,1,12-14H2;2-9,12,16,19H,10-11H2,1H3;2-10,13,16H,11-12H2,1H3;1-9,14H,10-11H2;1-4H,5-6H2;3H,1-2H2;1H;/q;-2;;;;-1;;+2/p-1. The number of ketones is 2. The van der Waals surface area contributed by atoms with Gasteiger partial charge in [0.15, 0.2) is 11.6 Å². The Bertz CT molecular complexity index is 3910. The van der Waals surface area contributed by atoms with Crippen LogP contribution in [0, 0.1) is 42.9 Å². The third kappa shape index (κ3) is 15.2. The van der Waals surface area contributed by atoms with Gasteiger partial charge in [-0.15, -0.1) is 42.0 Å². The van der Waals surface area contributed by atoms with E-state index >= 15 is 0 Å². The van der Waals surface area contributed by atoms with E-state index in [1.165, 1.54) is 93.0 Å². The minimum Gasteiger partial charge on any atom is -1.00 e. The van der Waals surface area contributed by atoms with Crippen molar-refractivity contribution in [2.24, 2.45) is 23.7 Å². The Balaban J connectivity index is 0.000000133. The van der Waals surface area contributed by atoms with Crippen LogP contribution >= 0.6 is 0 Å². The summed E-state index contributed by atoms with van der Waals surface area (Å²) in [6.07, 6.45) is 19.0. The minimum absolute atomic E-state index is 0. The molecule has 0 radical (unpaired) electrons. The summed E-state index contributed by atoms with van der Waals surface area (Å²) in [5.74, 6) is 5.09. The molecule has 9 aromatic carbocycles. The number of hydrogen-bond donors (Lipinski definition) is 1. The fourth-order valence-electron chi connectivity index (χ4n) is 15.0. The van der Waals surface area contributed by atoms with Crippen LogP contribution in [0.4, 0.5) is 0 Å². The number of halogens is 1. The van der Waals surface area contributed by atoms with Crippen molar-refractivity contribution in [2.75, 3.05) is 0 Å². The van der Waals surface area contributed by atoms with Crippen LogP contribution in [0.1, 0.15) is 144 Å². The Morgan fingerprint density at radius 2 is 1.09 bits per heavy atom. The van der Waals surface area contributed by atoms with Gasteiger partial charge in [-0.1, -0.05) is 245 Å². The van der Waals surface area contributed by atoms with Gasteiger partial charge in [0.1, 0.15) is 0 Å². The van der Waals surface area contributed by atoms with Crippen molar-refractivity contribution in [1.82, 2.24) is 0 Å². The number of hydrogen-bond acceptors (Lipinski definition) is 3. The van der Waals surface area contributed by atoms with E-state index in [-0.39, 0.29) is 51.9 Å². The van der Waals surface area contributed by atoms with Gasteiger partial charge < -0.3 is 22.1 Å². The summed E-state index contributed by atoms with van der Waals surface area (Å²) >= 11 is 0. The Hall–Kier alpha value is -7.64. The zero-order valence-electron chi connectivity index (χ0n) is 52.5. The second kappa shape index (κ2) is 31.4. The van der Waals surface area contributed by atoms with Gasteiger partial charge in [-0.2, -0.15) is 35.6 Å². The molecule has 90 heavy (non-hydrogen) atoms. The summed E-state index contributed by atoms with van der Waals surface area (Å²) in [7, 11) is 0. The number of aryl methyl sites for hydroxylation is 1. The van der Waals surface area contributed by atoms with Gasteiger partial charge >= 0.3 is 23.1 Å². The van der Waals surface area contributed by atoms with E-state index in [0.29, 0.717) is 48.1 Å². The molecule has 7 aliphatic rings. The van der Waals surface area contributed by atoms with E-state index in [4.69, 9.17) is 0 Å². The summed E-state index contributed by atoms with van der Waals surface area (Å²) in [5.41, 5.74) is 22.1. The first-order valence-corrected chi connectivity index (χ1v) is 31.9. The molecule has 5 heteroatoms. The van der Waals surface area contributed by atoms with E-state index in [1.54, 1.807) is 22.6 Å². The number of rotatable bonds is 6. The molecule has 0 amide bonds. The van der Waals surface area contributed by atoms with Gasteiger partial charge in [0, 0.05) is 29.4 Å². The van der Waals surface area contributed by atoms with E-state index in [0.717, 1.165) is 48.8 Å². The predicted molar refractivity (Wildman–Crippen MR) is 370 cm³/mol. The van der Waals surface area contributed by atoms with Crippen molar-refractivity contribution in [3.05, 3.63) is 370 Å². The quantitative estimate of drug-likeness (QED) is 0.103. The van der Waals surface area contributed by atoms with Crippen molar-refractivity contribution in [1.29, 1.82) is 0 Å². The fourth-order valence-corrected chi connectivity index (χ4v) is 15.0. The fraction of sp³-hybridized carbons (Fsp3) is 0.235. The molecule has 7 unspecified atom stereocenters. The van der Waals surface area contributed by atoms with Gasteiger partial charge in [-0.25, -0.2) is 19.6 Å². The Labute approximate surface area is 563 Å². The number of fused-ring (bicyclic) bond motifs is 11. The SMILES string of the molecule is C=CCC1(O)c2ccccc2CC1Cc1ccccc1.C=C[CH2-].CC1C=C2c3ccccc3CC2Cc2ccccc21.C[C-]1CC2c3ccccc3[CH-]C2Cc2ccccc21.O=C1CCc2ccccc21.O=C1c2ccccc2CC1Cc1ccccc1.[Br-].[Mg+2]. The molecule has 16 rings (SSSR count). The van der Waals surface area contributed by atoms with E-state index < -0.39 is 5.60 Å². The second-order valence-corrected chi connectivity index (χ2v) is 24.9. The molecule has 7 aliphatic carbocycles. The van der Waals surface area contributed by atoms with Gasteiger partial charge in [0.2, 0.25) is 0 Å². The molecular weight excluding hydrogens is 1170 g/mol. The molecule has 0 aromatic heterocycles. The van der Waals surface area contributed by atoms with Crippen LogP contribution in [-0.4, -0.2) is 39.7 Å². The van der Waals surface area contributed by atoms with Gasteiger partial charge in [-0.3, -0.25) is 9.59 Å². The molecule has 0 heterocycles. The minimum atomic E-state index is -0.770.